The molecule has 0 bridgehead atoms. The van der Waals surface area contributed by atoms with Crippen molar-refractivity contribution in [2.75, 3.05) is 11.9 Å². The smallest absolute Gasteiger partial charge is 0.258 e. The van der Waals surface area contributed by atoms with Gasteiger partial charge in [0.05, 0.1) is 25.0 Å². The van der Waals surface area contributed by atoms with Crippen LogP contribution in [0.2, 0.25) is 0 Å². The molecule has 1 aromatic carbocycles. The highest BCUT2D eigenvalue weighted by molar-refractivity contribution is 5.87. The lowest BCUT2D eigenvalue weighted by Gasteiger charge is -2.09. The second kappa shape index (κ2) is 7.68. The van der Waals surface area contributed by atoms with Crippen molar-refractivity contribution in [3.8, 4) is 17.0 Å². The highest BCUT2D eigenvalue weighted by Gasteiger charge is 2.18. The zero-order chi connectivity index (χ0) is 21.4. The number of ether oxygens (including phenoxy) is 1. The lowest BCUT2D eigenvalue weighted by atomic mass is 10.1. The topological polar surface area (TPSA) is 84.6 Å². The van der Waals surface area contributed by atoms with E-state index in [4.69, 9.17) is 14.1 Å². The molecular weight excluding hydrogens is 392 g/mol. The average molecular weight is 414 g/mol. The zero-order valence-corrected chi connectivity index (χ0v) is 17.3. The molecule has 156 valence electrons. The summed E-state index contributed by atoms with van der Waals surface area (Å²) in [7, 11) is 0. The van der Waals surface area contributed by atoms with Gasteiger partial charge in [-0.2, -0.15) is 0 Å². The summed E-state index contributed by atoms with van der Waals surface area (Å²) in [5, 5.41) is 4.27. The molecule has 0 saturated heterocycles. The summed E-state index contributed by atoms with van der Waals surface area (Å²) >= 11 is 0. The van der Waals surface area contributed by atoms with Crippen molar-refractivity contribution < 1.29 is 9.15 Å². The number of imidazole rings is 1. The first kappa shape index (κ1) is 19.0. The van der Waals surface area contributed by atoms with Crippen LogP contribution in [-0.4, -0.2) is 21.0 Å². The lowest BCUT2D eigenvalue weighted by Crippen LogP contribution is -2.11. The maximum absolute atomic E-state index is 13.0. The van der Waals surface area contributed by atoms with Gasteiger partial charge in [0, 0.05) is 17.1 Å². The van der Waals surface area contributed by atoms with E-state index in [-0.39, 0.29) is 5.56 Å². The van der Waals surface area contributed by atoms with E-state index in [1.54, 1.807) is 6.26 Å². The summed E-state index contributed by atoms with van der Waals surface area (Å²) in [6.45, 7) is 5.01. The molecule has 4 heterocycles. The van der Waals surface area contributed by atoms with E-state index >= 15 is 0 Å². The molecule has 0 radical (unpaired) electrons. The van der Waals surface area contributed by atoms with Crippen molar-refractivity contribution in [2.45, 2.75) is 20.4 Å². The van der Waals surface area contributed by atoms with Crippen LogP contribution in [0.25, 0.3) is 27.8 Å². The number of nitrogens with zero attached hydrogens (tertiary/aromatic N) is 2. The predicted octanol–water partition coefficient (Wildman–Crippen LogP) is 4.76. The summed E-state index contributed by atoms with van der Waals surface area (Å²) in [4.78, 5) is 20.8. The van der Waals surface area contributed by atoms with E-state index in [1.807, 2.05) is 73.0 Å². The fraction of sp³-hybridized carbons (Fsp3) is 0.167. The Hall–Kier alpha value is -4.00. The van der Waals surface area contributed by atoms with Crippen molar-refractivity contribution in [1.29, 1.82) is 0 Å². The first-order valence-corrected chi connectivity index (χ1v) is 10.2. The summed E-state index contributed by atoms with van der Waals surface area (Å²) < 4.78 is 13.0. The third-order valence-corrected chi connectivity index (χ3v) is 5.17. The number of aryl methyl sites for hydroxylation is 1. The Morgan fingerprint density at radius 1 is 1.19 bits per heavy atom. The minimum atomic E-state index is -0.196. The van der Waals surface area contributed by atoms with Gasteiger partial charge in [-0.3, -0.25) is 9.20 Å². The molecule has 5 rings (SSSR count). The maximum Gasteiger partial charge on any atom is 0.258 e. The normalized spacial score (nSPS) is 11.3. The van der Waals surface area contributed by atoms with Crippen LogP contribution in [0.15, 0.2) is 70.2 Å². The van der Waals surface area contributed by atoms with Crippen LogP contribution in [-0.2, 0) is 6.54 Å². The molecule has 0 aliphatic heterocycles. The SMILES string of the molecule is CCOc1ccc2[nH]c(=O)c(-c3nc4cc(C)ccn4c3NCc3ccco3)cc2c1. The van der Waals surface area contributed by atoms with Gasteiger partial charge in [0.2, 0.25) is 0 Å². The van der Waals surface area contributed by atoms with Crippen molar-refractivity contribution in [1.82, 2.24) is 14.4 Å². The molecule has 7 heteroatoms. The number of rotatable bonds is 6. The number of H-pyrrole nitrogens is 1. The van der Waals surface area contributed by atoms with Gasteiger partial charge in [0.1, 0.15) is 28.7 Å². The Labute approximate surface area is 178 Å². The second-order valence-electron chi connectivity index (χ2n) is 7.37. The van der Waals surface area contributed by atoms with Gasteiger partial charge in [-0.05, 0) is 67.9 Å². The van der Waals surface area contributed by atoms with Crippen LogP contribution in [0.1, 0.15) is 18.2 Å². The first-order chi connectivity index (χ1) is 15.1. The Morgan fingerprint density at radius 3 is 2.90 bits per heavy atom. The number of fused-ring (bicyclic) bond motifs is 2. The molecule has 2 N–H and O–H groups in total. The minimum Gasteiger partial charge on any atom is -0.494 e. The van der Waals surface area contributed by atoms with Crippen LogP contribution in [0, 0.1) is 6.92 Å². The predicted molar refractivity (Wildman–Crippen MR) is 121 cm³/mol. The fourth-order valence-electron chi connectivity index (χ4n) is 3.70. The van der Waals surface area contributed by atoms with Crippen LogP contribution in [0.4, 0.5) is 5.82 Å². The number of aromatic amines is 1. The van der Waals surface area contributed by atoms with Gasteiger partial charge in [0.25, 0.3) is 5.56 Å². The molecule has 0 amide bonds. The van der Waals surface area contributed by atoms with E-state index < -0.39 is 0 Å². The number of hydrogen-bond acceptors (Lipinski definition) is 5. The molecule has 0 atom stereocenters. The maximum atomic E-state index is 13.0. The molecule has 0 spiro atoms. The van der Waals surface area contributed by atoms with E-state index in [0.717, 1.165) is 39.4 Å². The van der Waals surface area contributed by atoms with Crippen LogP contribution < -0.4 is 15.6 Å². The van der Waals surface area contributed by atoms with Gasteiger partial charge in [-0.1, -0.05) is 0 Å². The van der Waals surface area contributed by atoms with E-state index in [0.29, 0.717) is 24.4 Å². The third-order valence-electron chi connectivity index (χ3n) is 5.17. The molecular formula is C24H22N4O3. The monoisotopic (exact) mass is 414 g/mol. The standard InChI is InChI=1S/C24H22N4O3/c1-3-30-17-6-7-20-16(12-17)13-19(24(29)26-20)22-23(25-14-18-5-4-10-31-18)28-9-8-15(2)11-21(28)27-22/h4-13,25H,3,14H2,1-2H3,(H,26,29). The Bertz CT molecular complexity index is 1430. The van der Waals surface area contributed by atoms with E-state index in [9.17, 15) is 4.79 Å². The lowest BCUT2D eigenvalue weighted by molar-refractivity contribution is 0.340. The van der Waals surface area contributed by atoms with Gasteiger partial charge in [-0.15, -0.1) is 0 Å². The van der Waals surface area contributed by atoms with E-state index in [2.05, 4.69) is 10.3 Å². The van der Waals surface area contributed by atoms with Gasteiger partial charge in [0.15, 0.2) is 0 Å². The Balaban J connectivity index is 1.67. The number of benzene rings is 1. The number of hydrogen-bond donors (Lipinski definition) is 2. The van der Waals surface area contributed by atoms with Gasteiger partial charge < -0.3 is 19.5 Å². The first-order valence-electron chi connectivity index (χ1n) is 10.2. The van der Waals surface area contributed by atoms with E-state index in [1.165, 1.54) is 0 Å². The largest absolute Gasteiger partial charge is 0.494 e. The second-order valence-corrected chi connectivity index (χ2v) is 7.37. The van der Waals surface area contributed by atoms with Crippen molar-refractivity contribution in [3.05, 3.63) is 82.7 Å². The van der Waals surface area contributed by atoms with Crippen LogP contribution in [0.5, 0.6) is 5.75 Å². The average Bonchev–Trinajstić information content (AvgIpc) is 3.39. The summed E-state index contributed by atoms with van der Waals surface area (Å²) in [6.07, 6.45) is 3.59. The number of furan rings is 1. The summed E-state index contributed by atoms with van der Waals surface area (Å²) in [6, 6.07) is 15.2. The molecule has 0 fully saturated rings. The molecule has 4 aromatic heterocycles. The molecule has 0 aliphatic carbocycles. The van der Waals surface area contributed by atoms with Crippen LogP contribution >= 0.6 is 0 Å². The highest BCUT2D eigenvalue weighted by Crippen LogP contribution is 2.30. The number of aromatic nitrogens is 3. The number of anilines is 1. The van der Waals surface area contributed by atoms with Gasteiger partial charge in [-0.25, -0.2) is 4.98 Å². The quantitative estimate of drug-likeness (QED) is 0.419. The molecule has 31 heavy (non-hydrogen) atoms. The Kier molecular flexibility index (Phi) is 4.71. The molecule has 0 unspecified atom stereocenters. The molecule has 7 nitrogen and oxygen atoms in total. The summed E-state index contributed by atoms with van der Waals surface area (Å²) in [5.41, 5.74) is 3.49. The van der Waals surface area contributed by atoms with Crippen LogP contribution in [0.3, 0.4) is 0 Å². The summed E-state index contributed by atoms with van der Waals surface area (Å²) in [5.74, 6) is 2.29. The number of nitrogens with one attached hydrogen (secondary N) is 2. The minimum absolute atomic E-state index is 0.196. The molecule has 0 aliphatic rings. The third kappa shape index (κ3) is 3.54. The van der Waals surface area contributed by atoms with Crippen molar-refractivity contribution in [3.63, 3.8) is 0 Å². The van der Waals surface area contributed by atoms with Crippen molar-refractivity contribution in [2.24, 2.45) is 0 Å². The molecule has 0 saturated carbocycles. The fourth-order valence-corrected chi connectivity index (χ4v) is 3.70. The zero-order valence-electron chi connectivity index (χ0n) is 17.3. The Morgan fingerprint density at radius 2 is 2.10 bits per heavy atom. The molecule has 5 aromatic rings. The van der Waals surface area contributed by atoms with Crippen molar-refractivity contribution >= 4 is 22.4 Å². The number of pyridine rings is 2. The highest BCUT2D eigenvalue weighted by atomic mass is 16.5. The van der Waals surface area contributed by atoms with Gasteiger partial charge >= 0.3 is 0 Å².